The Morgan fingerprint density at radius 2 is 1.64 bits per heavy atom. The lowest BCUT2D eigenvalue weighted by molar-refractivity contribution is -0.299. The molecule has 5 rings (SSSR count). The van der Waals surface area contributed by atoms with Gasteiger partial charge in [0.05, 0.1) is 48.7 Å². The Bertz CT molecular complexity index is 2010. The van der Waals surface area contributed by atoms with Crippen LogP contribution in [0.2, 0.25) is 0 Å². The van der Waals surface area contributed by atoms with Gasteiger partial charge in [0, 0.05) is 18.4 Å². The van der Waals surface area contributed by atoms with Crippen LogP contribution in [-0.2, 0) is 76.8 Å². The zero-order valence-corrected chi connectivity index (χ0v) is 41.3. The fourth-order valence-corrected chi connectivity index (χ4v) is 9.50. The molecule has 0 saturated carbocycles. The highest BCUT2D eigenvalue weighted by Gasteiger charge is 2.58. The summed E-state index contributed by atoms with van der Waals surface area (Å²) in [7, 11) is 3.79. The van der Waals surface area contributed by atoms with Crippen LogP contribution in [0, 0.1) is 29.6 Å². The van der Waals surface area contributed by atoms with E-state index < -0.39 is 101 Å². The molecule has 1 aromatic heterocycles. The molecule has 3 aliphatic rings. The van der Waals surface area contributed by atoms with Crippen molar-refractivity contribution in [3.05, 3.63) is 59.1 Å². The highest BCUT2D eigenvalue weighted by molar-refractivity contribution is 5.75. The number of hydrogen-bond acceptors (Lipinski definition) is 16. The minimum atomic E-state index is -1.70. The van der Waals surface area contributed by atoms with Crippen molar-refractivity contribution in [1.29, 1.82) is 0 Å². The van der Waals surface area contributed by atoms with Gasteiger partial charge in [0.1, 0.15) is 48.5 Å². The summed E-state index contributed by atoms with van der Waals surface area (Å²) >= 11 is 0. The van der Waals surface area contributed by atoms with E-state index in [4.69, 9.17) is 37.9 Å². The van der Waals surface area contributed by atoms with Crippen LogP contribution in [0.25, 0.3) is 0 Å². The average Bonchev–Trinajstić information content (AvgIpc) is 3.85. The molecule has 2 fully saturated rings. The maximum atomic E-state index is 14.8. The van der Waals surface area contributed by atoms with Gasteiger partial charge in [-0.3, -0.25) is 19.2 Å². The lowest BCUT2D eigenvalue weighted by Crippen LogP contribution is -2.59. The number of rotatable bonds is 15. The summed E-state index contributed by atoms with van der Waals surface area (Å²) in [5, 5.41) is 20.2. The molecule has 2 saturated heterocycles. The molecule has 1 aromatic carbocycles. The molecule has 0 unspecified atom stereocenters. The lowest BCUT2D eigenvalue weighted by atomic mass is 9.78. The number of nitrogens with zero attached hydrogens (tertiary/aromatic N) is 4. The number of esters is 4. The van der Waals surface area contributed by atoms with E-state index in [0.717, 1.165) is 11.1 Å². The van der Waals surface area contributed by atoms with Crippen molar-refractivity contribution in [2.45, 2.75) is 182 Å². The van der Waals surface area contributed by atoms with Gasteiger partial charge in [0.25, 0.3) is 0 Å². The van der Waals surface area contributed by atoms with Crippen LogP contribution in [0.15, 0.2) is 47.9 Å². The van der Waals surface area contributed by atoms with E-state index in [1.54, 1.807) is 54.7 Å². The maximum Gasteiger partial charge on any atom is 0.328 e. The van der Waals surface area contributed by atoms with Crippen molar-refractivity contribution < 1.29 is 62.2 Å². The van der Waals surface area contributed by atoms with Crippen molar-refractivity contribution in [1.82, 2.24) is 19.9 Å². The highest BCUT2D eigenvalue weighted by Crippen LogP contribution is 2.48. The minimum Gasteiger partial charge on any atom is -0.488 e. The zero-order chi connectivity index (χ0) is 48.8. The summed E-state index contributed by atoms with van der Waals surface area (Å²) < 4.78 is 53.1. The van der Waals surface area contributed by atoms with Crippen molar-refractivity contribution in [2.75, 3.05) is 14.1 Å². The molecule has 2 bridgehead atoms. The third kappa shape index (κ3) is 12.2. The predicted octanol–water partition coefficient (Wildman–Crippen LogP) is 5.94. The molecular weight excluding hydrogens is 853 g/mol. The summed E-state index contributed by atoms with van der Waals surface area (Å²) in [5.74, 6) is -5.28. The lowest BCUT2D eigenvalue weighted by Gasteiger charge is -2.47. The zero-order valence-electron chi connectivity index (χ0n) is 41.3. The second kappa shape index (κ2) is 22.1. The van der Waals surface area contributed by atoms with Gasteiger partial charge in [-0.1, -0.05) is 84.0 Å². The molecule has 1 N–H and O–H groups in total. The van der Waals surface area contributed by atoms with Gasteiger partial charge in [-0.25, -0.2) is 4.68 Å². The molecule has 3 aliphatic heterocycles. The molecule has 0 aliphatic carbocycles. The summed E-state index contributed by atoms with van der Waals surface area (Å²) in [6.07, 6.45) is -3.91. The SMILES string of the molecule is CC[C@H]1OC(=O)[C@H](C)[C@@H](OCc2cn(CC(=O)OCc3ccccc3)nn2)[C@H](C)[C@@H](O[C@@H]2O[C@H](C)C[C@H](N(C)C)[C@H]2O)[C@@]2(C)CC(C)=C(O2)[C@H](C)[C@@H](OC(=O)C(C)C)[C@]1(C)OC(=O)C(C)C. The first-order chi connectivity index (χ1) is 31.0. The normalized spacial score (nSPS) is 33.1. The van der Waals surface area contributed by atoms with Gasteiger partial charge < -0.3 is 47.9 Å². The second-order valence-corrected chi connectivity index (χ2v) is 19.7. The van der Waals surface area contributed by atoms with Crippen LogP contribution < -0.4 is 0 Å². The highest BCUT2D eigenvalue weighted by atomic mass is 16.7. The Balaban J connectivity index is 1.57. The number of hydrogen-bond donors (Lipinski definition) is 1. The van der Waals surface area contributed by atoms with Gasteiger partial charge in [0.2, 0.25) is 0 Å². The van der Waals surface area contributed by atoms with E-state index in [1.807, 2.05) is 83.9 Å². The number of cyclic esters (lactones) is 1. The van der Waals surface area contributed by atoms with Crippen molar-refractivity contribution in [3.63, 3.8) is 0 Å². The monoisotopic (exact) mass is 927 g/mol. The van der Waals surface area contributed by atoms with Crippen LogP contribution in [0.3, 0.4) is 0 Å². The summed E-state index contributed by atoms with van der Waals surface area (Å²) in [5.41, 5.74) is -0.811. The molecule has 13 atom stereocenters. The quantitative estimate of drug-likeness (QED) is 0.163. The van der Waals surface area contributed by atoms with Crippen LogP contribution >= 0.6 is 0 Å². The topological polar surface area (TPSA) is 196 Å². The number of carbonyl (C=O) groups is 4. The van der Waals surface area contributed by atoms with E-state index in [2.05, 4.69) is 10.3 Å². The van der Waals surface area contributed by atoms with Crippen molar-refractivity contribution in [3.8, 4) is 0 Å². The van der Waals surface area contributed by atoms with E-state index in [9.17, 15) is 24.3 Å². The van der Waals surface area contributed by atoms with Gasteiger partial charge in [-0.2, -0.15) is 0 Å². The Kier molecular flexibility index (Phi) is 17.6. The number of fused-ring (bicyclic) bond motifs is 2. The first-order valence-corrected chi connectivity index (χ1v) is 23.4. The first kappa shape index (κ1) is 52.5. The molecule has 0 amide bonds. The molecule has 2 aromatic rings. The predicted molar refractivity (Wildman–Crippen MR) is 241 cm³/mol. The Morgan fingerprint density at radius 1 is 0.970 bits per heavy atom. The molecule has 17 nitrogen and oxygen atoms in total. The average molecular weight is 927 g/mol. The number of aliphatic hydroxyl groups excluding tert-OH is 1. The van der Waals surface area contributed by atoms with Gasteiger partial charge in [-0.05, 0) is 72.7 Å². The van der Waals surface area contributed by atoms with Gasteiger partial charge in [0.15, 0.2) is 18.0 Å². The number of likely N-dealkylation sites (N-methyl/N-ethyl adjacent to an activating group) is 1. The fraction of sp³-hybridized carbons (Fsp3) is 0.714. The van der Waals surface area contributed by atoms with E-state index in [0.29, 0.717) is 24.3 Å². The first-order valence-electron chi connectivity index (χ1n) is 23.4. The van der Waals surface area contributed by atoms with Crippen LogP contribution in [0.1, 0.15) is 114 Å². The Hall–Kier alpha value is -4.42. The van der Waals surface area contributed by atoms with Crippen molar-refractivity contribution in [2.24, 2.45) is 29.6 Å². The standard InChI is InChI=1S/C49H74N4O13/c1-15-37-49(12,66-45(57)28(4)5)43(63-44(56)27(2)3)31(8)40-29(6)22-48(11,65-40)42(64-47-39(55)36(52(13)14)21-30(7)61-47)32(9)41(33(10)46(58)62-37)60-26-35-23-53(51-50-35)24-38(54)59-25-34-19-17-16-18-20-34/h16-20,23,27-28,30-33,36-37,39,41-43,47,55H,15,21-22,24-26H2,1-14H3/t30-,31+,32+,33-,36+,37-,39-,41+,42-,43-,47+,48-,49-/m1/s1. The largest absolute Gasteiger partial charge is 0.488 e. The Morgan fingerprint density at radius 3 is 2.26 bits per heavy atom. The summed E-state index contributed by atoms with van der Waals surface area (Å²) in [4.78, 5) is 56.8. The molecule has 4 heterocycles. The molecular formula is C49H74N4O13. The van der Waals surface area contributed by atoms with Crippen LogP contribution in [0.5, 0.6) is 0 Å². The second-order valence-electron chi connectivity index (χ2n) is 19.7. The van der Waals surface area contributed by atoms with E-state index in [-0.39, 0.29) is 38.3 Å². The van der Waals surface area contributed by atoms with Crippen LogP contribution in [0.4, 0.5) is 0 Å². The van der Waals surface area contributed by atoms with Crippen LogP contribution in [-0.4, -0.2) is 123 Å². The third-order valence-electron chi connectivity index (χ3n) is 13.2. The molecule has 17 heteroatoms. The molecule has 0 radical (unpaired) electrons. The molecule has 66 heavy (non-hydrogen) atoms. The van der Waals surface area contributed by atoms with Gasteiger partial charge in [-0.15, -0.1) is 5.10 Å². The minimum absolute atomic E-state index is 0.110. The third-order valence-corrected chi connectivity index (χ3v) is 13.2. The fourth-order valence-electron chi connectivity index (χ4n) is 9.50. The molecule has 368 valence electrons. The van der Waals surface area contributed by atoms with E-state index in [1.165, 1.54) is 4.68 Å². The van der Waals surface area contributed by atoms with E-state index >= 15 is 0 Å². The summed E-state index contributed by atoms with van der Waals surface area (Å²) in [6, 6.07) is 9.05. The Labute approximate surface area is 390 Å². The number of aromatic nitrogens is 3. The number of ether oxygens (including phenoxy) is 8. The smallest absolute Gasteiger partial charge is 0.328 e. The maximum absolute atomic E-state index is 14.8. The van der Waals surface area contributed by atoms with Gasteiger partial charge >= 0.3 is 23.9 Å². The molecule has 0 spiro atoms. The number of benzene rings is 1. The number of carbonyl (C=O) groups excluding carboxylic acids is 4. The van der Waals surface area contributed by atoms with Crippen molar-refractivity contribution >= 4 is 23.9 Å². The number of aliphatic hydroxyl groups is 1. The summed E-state index contributed by atoms with van der Waals surface area (Å²) in [6.45, 7) is 21.3.